The molecule has 2 rings (SSSR count). The summed E-state index contributed by atoms with van der Waals surface area (Å²) >= 11 is 6.45. The van der Waals surface area contributed by atoms with E-state index in [1.165, 1.54) is 13.2 Å². The molecule has 0 atom stereocenters. The third kappa shape index (κ3) is 4.03. The molecule has 0 saturated heterocycles. The molecular formula is C18H12ClN5O3. The second kappa shape index (κ2) is 8.48. The lowest BCUT2D eigenvalue weighted by Gasteiger charge is -2.10. The van der Waals surface area contributed by atoms with Crippen molar-refractivity contribution in [3.8, 4) is 17.9 Å². The van der Waals surface area contributed by atoms with Gasteiger partial charge in [-0.25, -0.2) is 0 Å². The maximum absolute atomic E-state index is 11.5. The van der Waals surface area contributed by atoms with Gasteiger partial charge < -0.3 is 10.6 Å². The van der Waals surface area contributed by atoms with E-state index in [1.54, 1.807) is 30.3 Å². The third-order valence-corrected chi connectivity index (χ3v) is 4.07. The van der Waals surface area contributed by atoms with E-state index in [0.29, 0.717) is 11.3 Å². The number of rotatable bonds is 5. The van der Waals surface area contributed by atoms with Crippen molar-refractivity contribution in [1.29, 1.82) is 10.5 Å². The Hall–Kier alpha value is -3.88. The molecule has 0 radical (unpaired) electrons. The van der Waals surface area contributed by atoms with E-state index in [-0.39, 0.29) is 27.3 Å². The highest BCUT2D eigenvalue weighted by atomic mass is 35.5. The van der Waals surface area contributed by atoms with Crippen LogP contribution in [-0.2, 0) is 0 Å². The average molecular weight is 382 g/mol. The lowest BCUT2D eigenvalue weighted by atomic mass is 9.96. The Morgan fingerprint density at radius 1 is 1.26 bits per heavy atom. The van der Waals surface area contributed by atoms with Crippen LogP contribution in [0.25, 0.3) is 10.6 Å². The number of nitriles is 2. The summed E-state index contributed by atoms with van der Waals surface area (Å²) in [5.41, 5.74) is 0.150. The van der Waals surface area contributed by atoms with Gasteiger partial charge in [-0.15, -0.1) is 0 Å². The van der Waals surface area contributed by atoms with Crippen molar-refractivity contribution in [2.24, 2.45) is 10.9 Å². The second-order valence-electron chi connectivity index (χ2n) is 5.13. The van der Waals surface area contributed by atoms with Crippen LogP contribution in [0.15, 0.2) is 41.5 Å². The third-order valence-electron chi connectivity index (χ3n) is 3.65. The minimum atomic E-state index is -0.667. The quantitative estimate of drug-likeness (QED) is 0.277. The van der Waals surface area contributed by atoms with Crippen LogP contribution in [0.3, 0.4) is 0 Å². The van der Waals surface area contributed by atoms with E-state index < -0.39 is 10.6 Å². The number of nitro benzene ring substituents is 1. The maximum atomic E-state index is 11.5. The van der Waals surface area contributed by atoms with E-state index >= 15 is 0 Å². The summed E-state index contributed by atoms with van der Waals surface area (Å²) in [6.45, 7) is 0. The summed E-state index contributed by atoms with van der Waals surface area (Å²) in [4.78, 5) is 10.8. The lowest BCUT2D eigenvalue weighted by molar-refractivity contribution is -0.385. The van der Waals surface area contributed by atoms with E-state index in [0.717, 1.165) is 12.3 Å². The van der Waals surface area contributed by atoms with E-state index in [1.807, 2.05) is 6.07 Å². The summed E-state index contributed by atoms with van der Waals surface area (Å²) in [5.74, 6) is 5.86. The number of nitrogens with two attached hydrogens (primary N) is 1. The molecule has 0 fully saturated rings. The first-order valence-electron chi connectivity index (χ1n) is 7.37. The molecule has 2 aromatic rings. The SMILES string of the molecule is COc1ccc(C(Cl)=C(C=NN)c2cc(C#N)c(C#N)cc2[N+](=O)[O-])cc1. The molecule has 9 heteroatoms. The summed E-state index contributed by atoms with van der Waals surface area (Å²) in [7, 11) is 1.52. The number of nitro groups is 1. The number of hydrogen-bond donors (Lipinski definition) is 1. The van der Waals surface area contributed by atoms with Gasteiger partial charge in [-0.1, -0.05) is 11.6 Å². The number of ether oxygens (including phenoxy) is 1. The van der Waals surface area contributed by atoms with Crippen molar-refractivity contribution in [2.45, 2.75) is 0 Å². The lowest BCUT2D eigenvalue weighted by Crippen LogP contribution is -2.01. The van der Waals surface area contributed by atoms with Crippen molar-refractivity contribution >= 4 is 34.1 Å². The molecule has 0 spiro atoms. The molecule has 0 unspecified atom stereocenters. The summed E-state index contributed by atoms with van der Waals surface area (Å²) in [5, 5.41) is 33.4. The fourth-order valence-electron chi connectivity index (χ4n) is 2.35. The highest BCUT2D eigenvalue weighted by Crippen LogP contribution is 2.35. The van der Waals surface area contributed by atoms with Gasteiger partial charge in [0.1, 0.15) is 17.9 Å². The summed E-state index contributed by atoms with van der Waals surface area (Å²) in [6, 6.07) is 12.5. The molecule has 0 heterocycles. The zero-order valence-corrected chi connectivity index (χ0v) is 14.8. The van der Waals surface area contributed by atoms with Crippen molar-refractivity contribution in [2.75, 3.05) is 7.11 Å². The first-order valence-corrected chi connectivity index (χ1v) is 7.75. The zero-order chi connectivity index (χ0) is 20.0. The Kier molecular flexibility index (Phi) is 6.10. The zero-order valence-electron chi connectivity index (χ0n) is 14.0. The summed E-state index contributed by atoms with van der Waals surface area (Å²) < 4.78 is 5.09. The highest BCUT2D eigenvalue weighted by Gasteiger charge is 2.23. The van der Waals surface area contributed by atoms with Crippen molar-refractivity contribution in [3.05, 3.63) is 68.8 Å². The van der Waals surface area contributed by atoms with Crippen molar-refractivity contribution in [3.63, 3.8) is 0 Å². The molecule has 27 heavy (non-hydrogen) atoms. The van der Waals surface area contributed by atoms with Crippen LogP contribution in [0.2, 0.25) is 0 Å². The van der Waals surface area contributed by atoms with Crippen LogP contribution in [0.5, 0.6) is 5.75 Å². The minimum Gasteiger partial charge on any atom is -0.497 e. The van der Waals surface area contributed by atoms with Crippen molar-refractivity contribution in [1.82, 2.24) is 0 Å². The fraction of sp³-hybridized carbons (Fsp3) is 0.0556. The van der Waals surface area contributed by atoms with Gasteiger partial charge >= 0.3 is 0 Å². The van der Waals surface area contributed by atoms with Gasteiger partial charge in [0.15, 0.2) is 0 Å². The molecule has 2 aromatic carbocycles. The van der Waals surface area contributed by atoms with Crippen LogP contribution in [0, 0.1) is 32.8 Å². The normalized spacial score (nSPS) is 11.4. The van der Waals surface area contributed by atoms with Gasteiger partial charge in [-0.3, -0.25) is 10.1 Å². The average Bonchev–Trinajstić information content (AvgIpc) is 2.70. The standard InChI is InChI=1S/C18H12ClN5O3/c1-27-14-4-2-11(3-5-14)18(19)16(10-23-22)15-6-12(8-20)13(9-21)7-17(15)24(25)26/h2-7,10H,22H2,1H3. The number of hydrogen-bond acceptors (Lipinski definition) is 7. The molecule has 0 aliphatic rings. The molecule has 0 amide bonds. The summed E-state index contributed by atoms with van der Waals surface area (Å²) in [6.07, 6.45) is 1.15. The molecule has 2 N–H and O–H groups in total. The van der Waals surface area contributed by atoms with E-state index in [4.69, 9.17) is 27.4 Å². The van der Waals surface area contributed by atoms with Crippen LogP contribution >= 0.6 is 11.6 Å². The van der Waals surface area contributed by atoms with Crippen LogP contribution in [0.4, 0.5) is 5.69 Å². The van der Waals surface area contributed by atoms with Crippen LogP contribution < -0.4 is 10.6 Å². The number of methoxy groups -OCH3 is 1. The molecule has 8 nitrogen and oxygen atoms in total. The Labute approximate surface area is 159 Å². The van der Waals surface area contributed by atoms with E-state index in [2.05, 4.69) is 5.10 Å². The Morgan fingerprint density at radius 2 is 1.85 bits per heavy atom. The largest absolute Gasteiger partial charge is 0.497 e. The predicted molar refractivity (Wildman–Crippen MR) is 101 cm³/mol. The topological polar surface area (TPSA) is 138 Å². The van der Waals surface area contributed by atoms with Gasteiger partial charge in [-0.2, -0.15) is 15.6 Å². The number of halogens is 1. The molecular weight excluding hydrogens is 370 g/mol. The predicted octanol–water partition coefficient (Wildman–Crippen LogP) is 3.40. The molecule has 0 aliphatic heterocycles. The Balaban J connectivity index is 2.81. The number of hydrazone groups is 1. The number of allylic oxidation sites excluding steroid dienone is 1. The maximum Gasteiger partial charge on any atom is 0.278 e. The Morgan fingerprint density at radius 3 is 2.33 bits per heavy atom. The first kappa shape index (κ1) is 19.4. The molecule has 0 aliphatic carbocycles. The van der Waals surface area contributed by atoms with Gasteiger partial charge in [-0.05, 0) is 35.9 Å². The number of nitrogens with zero attached hydrogens (tertiary/aromatic N) is 4. The first-order chi connectivity index (χ1) is 13.0. The molecule has 0 saturated carbocycles. The molecule has 0 aromatic heterocycles. The minimum absolute atomic E-state index is 0.0190. The van der Waals surface area contributed by atoms with Gasteiger partial charge in [0.05, 0.1) is 40.0 Å². The highest BCUT2D eigenvalue weighted by molar-refractivity contribution is 6.56. The monoisotopic (exact) mass is 381 g/mol. The van der Waals surface area contributed by atoms with E-state index in [9.17, 15) is 15.4 Å². The number of benzene rings is 2. The van der Waals surface area contributed by atoms with Gasteiger partial charge in [0, 0.05) is 11.6 Å². The second-order valence-corrected chi connectivity index (χ2v) is 5.51. The van der Waals surface area contributed by atoms with Crippen molar-refractivity contribution < 1.29 is 9.66 Å². The van der Waals surface area contributed by atoms with Crippen LogP contribution in [0.1, 0.15) is 22.3 Å². The smallest absolute Gasteiger partial charge is 0.278 e. The fourth-order valence-corrected chi connectivity index (χ4v) is 2.63. The van der Waals surface area contributed by atoms with Crippen LogP contribution in [-0.4, -0.2) is 18.2 Å². The molecule has 0 bridgehead atoms. The van der Waals surface area contributed by atoms with Gasteiger partial charge in [0.2, 0.25) is 0 Å². The van der Waals surface area contributed by atoms with Gasteiger partial charge in [0.25, 0.3) is 5.69 Å². The molecule has 134 valence electrons. The Bertz CT molecular complexity index is 1030.